The number of benzene rings is 1. The number of pyridine rings is 1. The van der Waals surface area contributed by atoms with Crippen LogP contribution in [0.4, 0.5) is 0 Å². The molecule has 0 aliphatic heterocycles. The van der Waals surface area contributed by atoms with Gasteiger partial charge in [0.15, 0.2) is 0 Å². The molecular formula is C13H12N2. The molecule has 1 aromatic carbocycles. The summed E-state index contributed by atoms with van der Waals surface area (Å²) in [5.41, 5.74) is 1.87. The van der Waals surface area contributed by atoms with E-state index in [-0.39, 0.29) is 6.04 Å². The van der Waals surface area contributed by atoms with Crippen molar-refractivity contribution in [2.45, 2.75) is 6.04 Å². The van der Waals surface area contributed by atoms with Crippen LogP contribution >= 0.6 is 0 Å². The Hall–Kier alpha value is -1.85. The van der Waals surface area contributed by atoms with Gasteiger partial charge in [0.25, 0.3) is 0 Å². The van der Waals surface area contributed by atoms with Gasteiger partial charge >= 0.3 is 0 Å². The van der Waals surface area contributed by atoms with Gasteiger partial charge in [0.2, 0.25) is 0 Å². The smallest absolute Gasteiger partial charge is 0.111 e. The molecule has 74 valence electrons. The lowest BCUT2D eigenvalue weighted by molar-refractivity contribution is 0.717. The van der Waals surface area contributed by atoms with Gasteiger partial charge < -0.3 is 5.32 Å². The maximum absolute atomic E-state index is 5.41. The Morgan fingerprint density at radius 3 is 2.80 bits per heavy atom. The largest absolute Gasteiger partial charge is 0.302 e. The van der Waals surface area contributed by atoms with Crippen molar-refractivity contribution in [3.63, 3.8) is 0 Å². The molecular weight excluding hydrogens is 184 g/mol. The lowest BCUT2D eigenvalue weighted by Gasteiger charge is -2.09. The number of terminal acetylenes is 1. The van der Waals surface area contributed by atoms with Crippen LogP contribution in [0.1, 0.15) is 11.7 Å². The highest BCUT2D eigenvalue weighted by Crippen LogP contribution is 2.15. The van der Waals surface area contributed by atoms with Gasteiger partial charge in [-0.3, -0.25) is 4.98 Å². The van der Waals surface area contributed by atoms with Crippen molar-refractivity contribution in [2.75, 3.05) is 7.05 Å². The van der Waals surface area contributed by atoms with E-state index >= 15 is 0 Å². The summed E-state index contributed by atoms with van der Waals surface area (Å²) >= 11 is 0. The van der Waals surface area contributed by atoms with Crippen molar-refractivity contribution in [3.05, 3.63) is 42.1 Å². The Kier molecular flexibility index (Phi) is 2.66. The summed E-state index contributed by atoms with van der Waals surface area (Å²) < 4.78 is 0. The molecule has 2 aromatic rings. The molecule has 2 rings (SSSR count). The molecule has 15 heavy (non-hydrogen) atoms. The van der Waals surface area contributed by atoms with Crippen molar-refractivity contribution in [1.29, 1.82) is 0 Å². The molecule has 0 aliphatic carbocycles. The molecule has 2 nitrogen and oxygen atoms in total. The number of rotatable bonds is 2. The Morgan fingerprint density at radius 1 is 1.27 bits per heavy atom. The highest BCUT2D eigenvalue weighted by Gasteiger charge is 2.06. The fourth-order valence-electron chi connectivity index (χ4n) is 1.56. The van der Waals surface area contributed by atoms with Gasteiger partial charge in [-0.2, -0.15) is 0 Å². The number of nitrogens with zero attached hydrogens (tertiary/aromatic N) is 1. The first kappa shape index (κ1) is 9.70. The van der Waals surface area contributed by atoms with Crippen molar-refractivity contribution in [1.82, 2.24) is 10.3 Å². The minimum absolute atomic E-state index is 0.116. The molecule has 0 saturated carbocycles. The lowest BCUT2D eigenvalue weighted by atomic mass is 10.1. The van der Waals surface area contributed by atoms with E-state index in [2.05, 4.69) is 16.2 Å². The van der Waals surface area contributed by atoms with Crippen LogP contribution in [-0.2, 0) is 0 Å². The van der Waals surface area contributed by atoms with Gasteiger partial charge in [-0.25, -0.2) is 0 Å². The summed E-state index contributed by atoms with van der Waals surface area (Å²) in [6.45, 7) is 0. The molecule has 0 saturated heterocycles. The second-order valence-corrected chi connectivity index (χ2v) is 3.32. The number of fused-ring (bicyclic) bond motifs is 1. The highest BCUT2D eigenvalue weighted by atomic mass is 14.9. The second-order valence-electron chi connectivity index (χ2n) is 3.32. The number of hydrogen-bond acceptors (Lipinski definition) is 2. The Morgan fingerprint density at radius 2 is 2.07 bits per heavy atom. The second kappa shape index (κ2) is 4.12. The minimum Gasteiger partial charge on any atom is -0.302 e. The van der Waals surface area contributed by atoms with Crippen molar-refractivity contribution in [3.8, 4) is 12.3 Å². The van der Waals surface area contributed by atoms with E-state index in [9.17, 15) is 0 Å². The fraction of sp³-hybridized carbons (Fsp3) is 0.154. The molecule has 0 spiro atoms. The van der Waals surface area contributed by atoms with E-state index in [4.69, 9.17) is 6.42 Å². The Balaban J connectivity index is 2.52. The first-order valence-electron chi connectivity index (χ1n) is 4.84. The van der Waals surface area contributed by atoms with Crippen LogP contribution in [0.5, 0.6) is 0 Å². The molecule has 1 N–H and O–H groups in total. The molecule has 2 heteroatoms. The summed E-state index contributed by atoms with van der Waals surface area (Å²) in [5, 5.41) is 4.17. The monoisotopic (exact) mass is 196 g/mol. The Labute approximate surface area is 89.3 Å². The summed E-state index contributed by atoms with van der Waals surface area (Å²) in [4.78, 5) is 4.51. The molecule has 0 bridgehead atoms. The first-order valence-corrected chi connectivity index (χ1v) is 4.84. The van der Waals surface area contributed by atoms with Gasteiger partial charge in [0.05, 0.1) is 11.2 Å². The first-order chi connectivity index (χ1) is 7.35. The third kappa shape index (κ3) is 1.83. The predicted octanol–water partition coefficient (Wildman–Crippen LogP) is 2.13. The van der Waals surface area contributed by atoms with Crippen LogP contribution in [0.3, 0.4) is 0 Å². The van der Waals surface area contributed by atoms with E-state index in [0.29, 0.717) is 0 Å². The quantitative estimate of drug-likeness (QED) is 0.744. The number of nitrogens with one attached hydrogen (secondary N) is 1. The maximum atomic E-state index is 5.41. The van der Waals surface area contributed by atoms with Crippen LogP contribution in [-0.4, -0.2) is 12.0 Å². The molecule has 1 aromatic heterocycles. The third-order valence-corrected chi connectivity index (χ3v) is 2.37. The lowest BCUT2D eigenvalue weighted by Crippen LogP contribution is -2.15. The fourth-order valence-corrected chi connectivity index (χ4v) is 1.56. The minimum atomic E-state index is -0.116. The molecule has 1 heterocycles. The molecule has 1 unspecified atom stereocenters. The standard InChI is InChI=1S/C13H12N2/c1-3-11(14-2)13-9-8-10-6-4-5-7-12(10)15-13/h1,4-9,11,14H,2H3. The average Bonchev–Trinajstić information content (AvgIpc) is 2.30. The topological polar surface area (TPSA) is 24.9 Å². The Bertz CT molecular complexity index is 511. The van der Waals surface area contributed by atoms with Gasteiger partial charge in [-0.15, -0.1) is 6.42 Å². The zero-order valence-corrected chi connectivity index (χ0v) is 8.57. The zero-order chi connectivity index (χ0) is 10.7. The highest BCUT2D eigenvalue weighted by molar-refractivity contribution is 5.78. The molecule has 0 radical (unpaired) electrons. The van der Waals surface area contributed by atoms with Crippen LogP contribution in [0.2, 0.25) is 0 Å². The van der Waals surface area contributed by atoms with Crippen molar-refractivity contribution in [2.24, 2.45) is 0 Å². The van der Waals surface area contributed by atoms with Crippen LogP contribution in [0.25, 0.3) is 10.9 Å². The molecule has 0 amide bonds. The van der Waals surface area contributed by atoms with E-state index in [1.54, 1.807) is 0 Å². The third-order valence-electron chi connectivity index (χ3n) is 2.37. The summed E-state index contributed by atoms with van der Waals surface area (Å²) in [7, 11) is 1.83. The predicted molar refractivity (Wildman–Crippen MR) is 62.4 cm³/mol. The van der Waals surface area contributed by atoms with Crippen LogP contribution < -0.4 is 5.32 Å². The van der Waals surface area contributed by atoms with Crippen LogP contribution in [0.15, 0.2) is 36.4 Å². The average molecular weight is 196 g/mol. The van der Waals surface area contributed by atoms with E-state index in [1.165, 1.54) is 0 Å². The molecule has 0 aliphatic rings. The van der Waals surface area contributed by atoms with Gasteiger partial charge in [-0.05, 0) is 19.2 Å². The van der Waals surface area contributed by atoms with Gasteiger partial charge in [-0.1, -0.05) is 30.2 Å². The summed E-state index contributed by atoms with van der Waals surface area (Å²) in [6.07, 6.45) is 5.41. The maximum Gasteiger partial charge on any atom is 0.111 e. The van der Waals surface area contributed by atoms with Crippen molar-refractivity contribution < 1.29 is 0 Å². The number of para-hydroxylation sites is 1. The summed E-state index contributed by atoms with van der Waals surface area (Å²) in [5.74, 6) is 2.66. The number of aromatic nitrogens is 1. The van der Waals surface area contributed by atoms with E-state index in [1.807, 2.05) is 43.4 Å². The SMILES string of the molecule is C#CC(NC)c1ccc2ccccc2n1. The normalized spacial score (nSPS) is 12.3. The van der Waals surface area contributed by atoms with Gasteiger partial charge in [0.1, 0.15) is 6.04 Å². The van der Waals surface area contributed by atoms with E-state index < -0.39 is 0 Å². The van der Waals surface area contributed by atoms with Crippen molar-refractivity contribution >= 4 is 10.9 Å². The molecule has 1 atom stereocenters. The summed E-state index contributed by atoms with van der Waals surface area (Å²) in [6, 6.07) is 11.9. The number of hydrogen-bond donors (Lipinski definition) is 1. The molecule has 0 fully saturated rings. The van der Waals surface area contributed by atoms with Gasteiger partial charge in [0, 0.05) is 5.39 Å². The van der Waals surface area contributed by atoms with Crippen LogP contribution in [0, 0.1) is 12.3 Å². The van der Waals surface area contributed by atoms with E-state index in [0.717, 1.165) is 16.6 Å². The zero-order valence-electron chi connectivity index (χ0n) is 8.57.